The van der Waals surface area contributed by atoms with Gasteiger partial charge in [-0.3, -0.25) is 0 Å². The highest BCUT2D eigenvalue weighted by Crippen LogP contribution is 2.29. The molecule has 1 heterocycles. The summed E-state index contributed by atoms with van der Waals surface area (Å²) < 4.78 is 4.51. The van der Waals surface area contributed by atoms with E-state index in [1.807, 2.05) is 0 Å². The van der Waals surface area contributed by atoms with Crippen LogP contribution in [-0.4, -0.2) is 35.5 Å². The maximum absolute atomic E-state index is 4.71. The Labute approximate surface area is 120 Å². The van der Waals surface area contributed by atoms with E-state index in [0.717, 1.165) is 11.0 Å². The van der Waals surface area contributed by atoms with E-state index in [1.54, 1.807) is 0 Å². The van der Waals surface area contributed by atoms with Crippen molar-refractivity contribution in [3.8, 4) is 0 Å². The van der Waals surface area contributed by atoms with Crippen molar-refractivity contribution in [2.75, 3.05) is 19.0 Å². The number of hydrogen-bond acceptors (Lipinski definition) is 5. The molecule has 2 rings (SSSR count). The Morgan fingerprint density at radius 3 is 2.32 bits per heavy atom. The van der Waals surface area contributed by atoms with Crippen LogP contribution in [0.25, 0.3) is 0 Å². The average molecular weight is 282 g/mol. The molecular formula is C14H26N4S. The molecule has 5 heteroatoms. The van der Waals surface area contributed by atoms with Crippen molar-refractivity contribution in [1.29, 1.82) is 0 Å². The maximum Gasteiger partial charge on any atom is 0.205 e. The zero-order valence-electron chi connectivity index (χ0n) is 12.7. The van der Waals surface area contributed by atoms with Crippen molar-refractivity contribution in [1.82, 2.24) is 14.7 Å². The van der Waals surface area contributed by atoms with Crippen LogP contribution in [0.4, 0.5) is 5.13 Å². The molecule has 0 aromatic carbocycles. The van der Waals surface area contributed by atoms with Gasteiger partial charge in [-0.2, -0.15) is 4.37 Å². The fourth-order valence-corrected chi connectivity index (χ4v) is 3.46. The molecule has 108 valence electrons. The van der Waals surface area contributed by atoms with E-state index < -0.39 is 0 Å². The maximum atomic E-state index is 4.71. The number of rotatable bonds is 3. The van der Waals surface area contributed by atoms with Gasteiger partial charge < -0.3 is 10.2 Å². The van der Waals surface area contributed by atoms with Crippen LogP contribution in [0.15, 0.2) is 0 Å². The molecule has 1 N–H and O–H groups in total. The highest BCUT2D eigenvalue weighted by atomic mass is 32.1. The summed E-state index contributed by atoms with van der Waals surface area (Å²) in [5.74, 6) is 0.961. The average Bonchev–Trinajstić information content (AvgIpc) is 2.87. The van der Waals surface area contributed by atoms with Gasteiger partial charge in [-0.05, 0) is 32.7 Å². The second-order valence-electron chi connectivity index (χ2n) is 6.56. The fraction of sp³-hybridized carbons (Fsp3) is 0.857. The van der Waals surface area contributed by atoms with E-state index in [-0.39, 0.29) is 5.41 Å². The summed E-state index contributed by atoms with van der Waals surface area (Å²) in [5, 5.41) is 4.45. The zero-order chi connectivity index (χ0) is 14.0. The van der Waals surface area contributed by atoms with Gasteiger partial charge in [0.25, 0.3) is 0 Å². The molecule has 0 atom stereocenters. The molecule has 0 radical (unpaired) electrons. The van der Waals surface area contributed by atoms with Gasteiger partial charge in [-0.15, -0.1) is 0 Å². The first-order valence-corrected chi connectivity index (χ1v) is 7.93. The number of anilines is 1. The van der Waals surface area contributed by atoms with E-state index in [9.17, 15) is 0 Å². The molecule has 0 amide bonds. The summed E-state index contributed by atoms with van der Waals surface area (Å²) in [6, 6.07) is 1.31. The number of aromatic nitrogens is 2. The third-order valence-corrected chi connectivity index (χ3v) is 4.85. The first kappa shape index (κ1) is 14.7. The number of hydrogen-bond donors (Lipinski definition) is 1. The standard InChI is InChI=1S/C14H26N4S/c1-14(2,3)12-16-13(19-17-12)18(5)11-8-6-10(15-4)7-9-11/h10-11,15H,6-9H2,1-5H3. The van der Waals surface area contributed by atoms with Crippen molar-refractivity contribution in [2.45, 2.75) is 64.0 Å². The van der Waals surface area contributed by atoms with E-state index >= 15 is 0 Å². The SMILES string of the molecule is CNC1CCC(N(C)c2nc(C(C)(C)C)ns2)CC1. The number of nitrogens with zero attached hydrogens (tertiary/aromatic N) is 3. The van der Waals surface area contributed by atoms with E-state index in [1.165, 1.54) is 37.2 Å². The van der Waals surface area contributed by atoms with Crippen LogP contribution in [0.2, 0.25) is 0 Å². The predicted octanol–water partition coefficient (Wildman–Crippen LogP) is 2.80. The van der Waals surface area contributed by atoms with Gasteiger partial charge in [-0.1, -0.05) is 20.8 Å². The lowest BCUT2D eigenvalue weighted by Gasteiger charge is -2.34. The van der Waals surface area contributed by atoms with Crippen LogP contribution in [0.5, 0.6) is 0 Å². The molecule has 0 saturated heterocycles. The smallest absolute Gasteiger partial charge is 0.205 e. The van der Waals surface area contributed by atoms with Crippen molar-refractivity contribution < 1.29 is 0 Å². The lowest BCUT2D eigenvalue weighted by molar-refractivity contribution is 0.351. The van der Waals surface area contributed by atoms with Gasteiger partial charge in [0.1, 0.15) is 5.82 Å². The van der Waals surface area contributed by atoms with Crippen LogP contribution in [0.1, 0.15) is 52.3 Å². The summed E-state index contributed by atoms with van der Waals surface area (Å²) in [7, 11) is 4.23. The van der Waals surface area contributed by atoms with Crippen LogP contribution in [0.3, 0.4) is 0 Å². The van der Waals surface area contributed by atoms with Gasteiger partial charge in [0.15, 0.2) is 0 Å². The zero-order valence-corrected chi connectivity index (χ0v) is 13.5. The van der Waals surface area contributed by atoms with E-state index in [4.69, 9.17) is 4.98 Å². The Bertz CT molecular complexity index is 402. The van der Waals surface area contributed by atoms with E-state index in [0.29, 0.717) is 12.1 Å². The minimum Gasteiger partial charge on any atom is -0.347 e. The molecule has 1 saturated carbocycles. The first-order chi connectivity index (χ1) is 8.91. The van der Waals surface area contributed by atoms with E-state index in [2.05, 4.69) is 49.5 Å². The topological polar surface area (TPSA) is 41.0 Å². The van der Waals surface area contributed by atoms with Crippen LogP contribution in [0, 0.1) is 0 Å². The molecule has 1 aromatic rings. The minimum atomic E-state index is 0.0411. The lowest BCUT2D eigenvalue weighted by atomic mass is 9.91. The molecule has 0 aliphatic heterocycles. The van der Waals surface area contributed by atoms with Crippen molar-refractivity contribution in [2.24, 2.45) is 0 Å². The Morgan fingerprint density at radius 1 is 1.21 bits per heavy atom. The van der Waals surface area contributed by atoms with Crippen molar-refractivity contribution in [3.63, 3.8) is 0 Å². The Morgan fingerprint density at radius 2 is 1.84 bits per heavy atom. The predicted molar refractivity (Wildman–Crippen MR) is 82.1 cm³/mol. The Kier molecular flexibility index (Phi) is 4.46. The quantitative estimate of drug-likeness (QED) is 0.925. The van der Waals surface area contributed by atoms with Gasteiger partial charge in [0.2, 0.25) is 5.13 Å². The summed E-state index contributed by atoms with van der Waals surface area (Å²) in [6.07, 6.45) is 5.01. The molecule has 1 aliphatic rings. The fourth-order valence-electron chi connectivity index (χ4n) is 2.57. The van der Waals surface area contributed by atoms with Gasteiger partial charge >= 0.3 is 0 Å². The Balaban J connectivity index is 2.00. The second-order valence-corrected chi connectivity index (χ2v) is 7.29. The lowest BCUT2D eigenvalue weighted by Crippen LogP contribution is -2.39. The third kappa shape index (κ3) is 3.45. The summed E-state index contributed by atoms with van der Waals surface area (Å²) >= 11 is 1.53. The summed E-state index contributed by atoms with van der Waals surface area (Å²) in [4.78, 5) is 7.05. The molecule has 4 nitrogen and oxygen atoms in total. The normalized spacial score (nSPS) is 24.5. The molecule has 1 aromatic heterocycles. The minimum absolute atomic E-state index is 0.0411. The number of nitrogens with one attached hydrogen (secondary N) is 1. The van der Waals surface area contributed by atoms with Crippen LogP contribution in [-0.2, 0) is 5.41 Å². The van der Waals surface area contributed by atoms with Gasteiger partial charge in [0, 0.05) is 36.1 Å². The highest BCUT2D eigenvalue weighted by molar-refractivity contribution is 7.09. The summed E-state index contributed by atoms with van der Waals surface area (Å²) in [6.45, 7) is 6.49. The Hall–Kier alpha value is -0.680. The molecule has 0 spiro atoms. The summed E-state index contributed by atoms with van der Waals surface area (Å²) in [5.41, 5.74) is 0.0411. The van der Waals surface area contributed by atoms with Crippen molar-refractivity contribution in [3.05, 3.63) is 5.82 Å². The second kappa shape index (κ2) is 5.75. The largest absolute Gasteiger partial charge is 0.347 e. The third-order valence-electron chi connectivity index (χ3n) is 4.04. The molecular weight excluding hydrogens is 256 g/mol. The monoisotopic (exact) mass is 282 g/mol. The van der Waals surface area contributed by atoms with Crippen molar-refractivity contribution >= 4 is 16.7 Å². The van der Waals surface area contributed by atoms with Gasteiger partial charge in [-0.25, -0.2) is 4.98 Å². The molecule has 1 aliphatic carbocycles. The van der Waals surface area contributed by atoms with Crippen LogP contribution < -0.4 is 10.2 Å². The molecule has 0 bridgehead atoms. The highest BCUT2D eigenvalue weighted by Gasteiger charge is 2.26. The molecule has 19 heavy (non-hydrogen) atoms. The van der Waals surface area contributed by atoms with Crippen LogP contribution >= 0.6 is 11.5 Å². The molecule has 1 fully saturated rings. The molecule has 0 unspecified atom stereocenters. The first-order valence-electron chi connectivity index (χ1n) is 7.16. The van der Waals surface area contributed by atoms with Gasteiger partial charge in [0.05, 0.1) is 0 Å².